The molecule has 0 aromatic heterocycles. The summed E-state index contributed by atoms with van der Waals surface area (Å²) in [6.45, 7) is 0.509. The molecule has 0 bridgehead atoms. The monoisotopic (exact) mass is 423 g/mol. The van der Waals surface area contributed by atoms with Gasteiger partial charge in [0, 0.05) is 24.0 Å². The van der Waals surface area contributed by atoms with Gasteiger partial charge in [0.05, 0.1) is 11.1 Å². The van der Waals surface area contributed by atoms with E-state index in [0.29, 0.717) is 23.4 Å². The van der Waals surface area contributed by atoms with Crippen LogP contribution in [0, 0.1) is 11.7 Å². The molecule has 1 aliphatic heterocycles. The second-order valence-corrected chi connectivity index (χ2v) is 8.79. The summed E-state index contributed by atoms with van der Waals surface area (Å²) in [7, 11) is -3.60. The van der Waals surface area contributed by atoms with E-state index in [9.17, 15) is 17.6 Å². The number of amides is 1. The number of sulfonamides is 1. The van der Waals surface area contributed by atoms with Crippen molar-refractivity contribution in [3.8, 4) is 0 Å². The van der Waals surface area contributed by atoms with Crippen molar-refractivity contribution in [2.75, 3.05) is 13.1 Å². The second-order valence-electron chi connectivity index (χ2n) is 6.42. The van der Waals surface area contributed by atoms with Gasteiger partial charge in [0.2, 0.25) is 15.9 Å². The molecule has 1 aliphatic rings. The Labute approximate surface area is 168 Å². The fraction of sp³-hybridized carbons (Fsp3) is 0.263. The van der Waals surface area contributed by atoms with Gasteiger partial charge < -0.3 is 0 Å². The van der Waals surface area contributed by atoms with Crippen LogP contribution in [0.25, 0.3) is 0 Å². The molecule has 0 atom stereocenters. The lowest BCUT2D eigenvalue weighted by Crippen LogP contribution is -2.42. The molecule has 9 heteroatoms. The number of rotatable bonds is 5. The molecule has 1 amide bonds. The topological polar surface area (TPSA) is 78.8 Å². The molecule has 1 heterocycles. The van der Waals surface area contributed by atoms with E-state index in [2.05, 4.69) is 10.5 Å². The van der Waals surface area contributed by atoms with Crippen LogP contribution < -0.4 is 5.43 Å². The maximum absolute atomic E-state index is 12.9. The SMILES string of the molecule is O=C(N/N=C/c1ccc(F)cc1)C1CCN(S(=O)(=O)c2ccc(Cl)cc2)CC1. The van der Waals surface area contributed by atoms with Gasteiger partial charge in [-0.25, -0.2) is 18.2 Å². The predicted molar refractivity (Wildman–Crippen MR) is 105 cm³/mol. The number of nitrogens with one attached hydrogen (secondary N) is 1. The van der Waals surface area contributed by atoms with E-state index >= 15 is 0 Å². The molecule has 0 saturated carbocycles. The molecule has 2 aromatic rings. The minimum Gasteiger partial charge on any atom is -0.273 e. The number of halogens is 2. The molecule has 1 fully saturated rings. The van der Waals surface area contributed by atoms with Gasteiger partial charge in [0.25, 0.3) is 0 Å². The standard InChI is InChI=1S/C19H19ClFN3O3S/c20-16-3-7-18(8-4-16)28(26,27)24-11-9-15(10-12-24)19(25)23-22-13-14-1-5-17(21)6-2-14/h1-8,13,15H,9-12H2,(H,23,25)/b22-13+. The number of carbonyl (C=O) groups excluding carboxylic acids is 1. The molecule has 0 aliphatic carbocycles. The number of benzene rings is 2. The fourth-order valence-corrected chi connectivity index (χ4v) is 4.52. The zero-order valence-corrected chi connectivity index (χ0v) is 16.5. The zero-order chi connectivity index (χ0) is 20.1. The average molecular weight is 424 g/mol. The molecular formula is C19H19ClFN3O3S. The molecule has 0 unspecified atom stereocenters. The van der Waals surface area contributed by atoms with Crippen LogP contribution in [0.1, 0.15) is 18.4 Å². The quantitative estimate of drug-likeness (QED) is 0.593. The van der Waals surface area contributed by atoms with Crippen molar-refractivity contribution in [2.24, 2.45) is 11.0 Å². The van der Waals surface area contributed by atoms with Crippen molar-refractivity contribution in [1.29, 1.82) is 0 Å². The summed E-state index contributed by atoms with van der Waals surface area (Å²) >= 11 is 5.81. The number of carbonyl (C=O) groups is 1. The fourth-order valence-electron chi connectivity index (χ4n) is 2.92. The molecule has 3 rings (SSSR count). The molecule has 1 N–H and O–H groups in total. The van der Waals surface area contributed by atoms with Crippen molar-refractivity contribution >= 4 is 33.7 Å². The summed E-state index contributed by atoms with van der Waals surface area (Å²) < 4.78 is 39.6. The van der Waals surface area contributed by atoms with Crippen LogP contribution in [0.4, 0.5) is 4.39 Å². The van der Waals surface area contributed by atoms with Crippen molar-refractivity contribution in [3.05, 3.63) is 64.9 Å². The minimum absolute atomic E-state index is 0.184. The van der Waals surface area contributed by atoms with Gasteiger partial charge in [-0.1, -0.05) is 23.7 Å². The second kappa shape index (κ2) is 8.81. The van der Waals surface area contributed by atoms with Gasteiger partial charge in [-0.15, -0.1) is 0 Å². The summed E-state index contributed by atoms with van der Waals surface area (Å²) in [6, 6.07) is 11.7. The first kappa shape index (κ1) is 20.4. The third-order valence-corrected chi connectivity index (χ3v) is 6.70. The number of hydrazone groups is 1. The van der Waals surface area contributed by atoms with Crippen LogP contribution in [0.3, 0.4) is 0 Å². The molecule has 2 aromatic carbocycles. The van der Waals surface area contributed by atoms with Crippen LogP contribution in [0.15, 0.2) is 58.5 Å². The highest BCUT2D eigenvalue weighted by Gasteiger charge is 2.32. The number of nitrogens with zero attached hydrogens (tertiary/aromatic N) is 2. The summed E-state index contributed by atoms with van der Waals surface area (Å²) in [5, 5.41) is 4.35. The first-order chi connectivity index (χ1) is 13.4. The van der Waals surface area contributed by atoms with Crippen LogP contribution in [0.5, 0.6) is 0 Å². The van der Waals surface area contributed by atoms with Gasteiger partial charge in [0.1, 0.15) is 5.82 Å². The summed E-state index contributed by atoms with van der Waals surface area (Å²) in [5.74, 6) is -0.926. The Bertz CT molecular complexity index is 955. The molecule has 28 heavy (non-hydrogen) atoms. The van der Waals surface area contributed by atoms with E-state index in [4.69, 9.17) is 11.6 Å². The molecule has 0 radical (unpaired) electrons. The number of hydrogen-bond acceptors (Lipinski definition) is 4. The van der Waals surface area contributed by atoms with Crippen LogP contribution in [-0.4, -0.2) is 37.9 Å². The van der Waals surface area contributed by atoms with Crippen molar-refractivity contribution < 1.29 is 17.6 Å². The minimum atomic E-state index is -3.60. The van der Waals surface area contributed by atoms with E-state index in [1.54, 1.807) is 12.1 Å². The van der Waals surface area contributed by atoms with Crippen molar-refractivity contribution in [2.45, 2.75) is 17.7 Å². The lowest BCUT2D eigenvalue weighted by molar-refractivity contribution is -0.126. The largest absolute Gasteiger partial charge is 0.273 e. The van der Waals surface area contributed by atoms with Crippen LogP contribution >= 0.6 is 11.6 Å². The van der Waals surface area contributed by atoms with Gasteiger partial charge >= 0.3 is 0 Å². The molecule has 6 nitrogen and oxygen atoms in total. The van der Waals surface area contributed by atoms with E-state index in [1.165, 1.54) is 46.9 Å². The zero-order valence-electron chi connectivity index (χ0n) is 14.9. The summed E-state index contributed by atoms with van der Waals surface area (Å²) in [4.78, 5) is 12.4. The van der Waals surface area contributed by atoms with E-state index in [1.807, 2.05) is 0 Å². The Hall–Kier alpha value is -2.29. The molecular weight excluding hydrogens is 405 g/mol. The van der Waals surface area contributed by atoms with Crippen LogP contribution in [0.2, 0.25) is 5.02 Å². The van der Waals surface area contributed by atoms with E-state index in [-0.39, 0.29) is 35.6 Å². The maximum atomic E-state index is 12.9. The first-order valence-electron chi connectivity index (χ1n) is 8.70. The average Bonchev–Trinajstić information content (AvgIpc) is 2.70. The van der Waals surface area contributed by atoms with Gasteiger partial charge in [-0.05, 0) is 54.8 Å². The maximum Gasteiger partial charge on any atom is 0.243 e. The number of piperidine rings is 1. The van der Waals surface area contributed by atoms with Gasteiger partial charge in [-0.3, -0.25) is 4.79 Å². The van der Waals surface area contributed by atoms with Gasteiger partial charge in [0.15, 0.2) is 0 Å². The third kappa shape index (κ3) is 4.95. The Morgan fingerprint density at radius 3 is 2.32 bits per heavy atom. The smallest absolute Gasteiger partial charge is 0.243 e. The van der Waals surface area contributed by atoms with Crippen molar-refractivity contribution in [1.82, 2.24) is 9.73 Å². The highest BCUT2D eigenvalue weighted by molar-refractivity contribution is 7.89. The van der Waals surface area contributed by atoms with Crippen LogP contribution in [-0.2, 0) is 14.8 Å². The Morgan fingerprint density at radius 1 is 1.11 bits per heavy atom. The normalized spacial score (nSPS) is 16.4. The lowest BCUT2D eigenvalue weighted by Gasteiger charge is -2.30. The number of hydrogen-bond donors (Lipinski definition) is 1. The molecule has 148 valence electrons. The van der Waals surface area contributed by atoms with Gasteiger partial charge in [-0.2, -0.15) is 9.41 Å². The molecule has 1 saturated heterocycles. The first-order valence-corrected chi connectivity index (χ1v) is 10.5. The lowest BCUT2D eigenvalue weighted by atomic mass is 9.98. The molecule has 0 spiro atoms. The summed E-state index contributed by atoms with van der Waals surface area (Å²) in [5.41, 5.74) is 3.12. The highest BCUT2D eigenvalue weighted by Crippen LogP contribution is 2.24. The Morgan fingerprint density at radius 2 is 1.71 bits per heavy atom. The summed E-state index contributed by atoms with van der Waals surface area (Å²) in [6.07, 6.45) is 2.24. The Kier molecular flexibility index (Phi) is 6.43. The highest BCUT2D eigenvalue weighted by atomic mass is 35.5. The predicted octanol–water partition coefficient (Wildman–Crippen LogP) is 3.03. The third-order valence-electron chi connectivity index (χ3n) is 4.53. The van der Waals surface area contributed by atoms with Crippen molar-refractivity contribution in [3.63, 3.8) is 0 Å². The Balaban J connectivity index is 1.53. The van der Waals surface area contributed by atoms with E-state index < -0.39 is 10.0 Å². The van der Waals surface area contributed by atoms with E-state index in [0.717, 1.165) is 0 Å².